The molecule has 7 heteroatoms. The minimum Gasteiger partial charge on any atom is -0.480 e. The van der Waals surface area contributed by atoms with Gasteiger partial charge in [-0.25, -0.2) is 9.59 Å². The van der Waals surface area contributed by atoms with Gasteiger partial charge in [0.2, 0.25) is 0 Å². The number of nitrogens with zero attached hydrogens (tertiary/aromatic N) is 1. The van der Waals surface area contributed by atoms with Crippen molar-refractivity contribution >= 4 is 17.7 Å². The van der Waals surface area contributed by atoms with Gasteiger partial charge in [-0.05, 0) is 19.1 Å². The number of aliphatic hydroxyl groups is 1. The van der Waals surface area contributed by atoms with Crippen molar-refractivity contribution in [2.75, 3.05) is 11.9 Å². The minimum absolute atomic E-state index is 0.0469. The maximum atomic E-state index is 11.6. The van der Waals surface area contributed by atoms with E-state index in [9.17, 15) is 9.59 Å². The Labute approximate surface area is 104 Å². The van der Waals surface area contributed by atoms with Gasteiger partial charge in [-0.1, -0.05) is 0 Å². The molecule has 1 rings (SSSR count). The second kappa shape index (κ2) is 6.55. The molecule has 0 aliphatic heterocycles. The fraction of sp³-hybridized carbons (Fsp3) is 0.364. The molecule has 0 radical (unpaired) electrons. The molecule has 1 aromatic rings. The van der Waals surface area contributed by atoms with E-state index in [1.54, 1.807) is 25.3 Å². The van der Waals surface area contributed by atoms with E-state index in [1.165, 1.54) is 0 Å². The van der Waals surface area contributed by atoms with Crippen LogP contribution in [0, 0.1) is 6.92 Å². The molecule has 0 saturated heterocycles. The molecule has 1 unspecified atom stereocenters. The van der Waals surface area contributed by atoms with Crippen LogP contribution >= 0.6 is 0 Å². The van der Waals surface area contributed by atoms with E-state index >= 15 is 0 Å². The molecule has 0 spiro atoms. The van der Waals surface area contributed by atoms with Crippen LogP contribution in [-0.2, 0) is 4.79 Å². The molecule has 2 amide bonds. The number of aliphatic hydroxyl groups excluding tert-OH is 1. The minimum atomic E-state index is -1.19. The summed E-state index contributed by atoms with van der Waals surface area (Å²) in [5.74, 6) is -1.19. The maximum Gasteiger partial charge on any atom is 0.326 e. The molecule has 0 aliphatic rings. The third kappa shape index (κ3) is 4.02. The van der Waals surface area contributed by atoms with Crippen molar-refractivity contribution in [2.24, 2.45) is 0 Å². The molecule has 0 saturated carbocycles. The summed E-state index contributed by atoms with van der Waals surface area (Å²) in [4.78, 5) is 26.3. The summed E-state index contributed by atoms with van der Waals surface area (Å²) < 4.78 is 0. The number of aryl methyl sites for hydroxylation is 1. The summed E-state index contributed by atoms with van der Waals surface area (Å²) in [6, 6.07) is 1.55. The number of hydrogen-bond donors (Lipinski definition) is 4. The number of pyridine rings is 1. The van der Waals surface area contributed by atoms with Crippen LogP contribution in [0.15, 0.2) is 18.3 Å². The Balaban J connectivity index is 2.61. The quantitative estimate of drug-likeness (QED) is 0.605. The molecule has 0 fully saturated rings. The van der Waals surface area contributed by atoms with Crippen LogP contribution in [0.3, 0.4) is 0 Å². The third-order valence-corrected chi connectivity index (χ3v) is 2.28. The Hall–Kier alpha value is -2.15. The number of carboxylic acids is 1. The maximum absolute atomic E-state index is 11.6. The van der Waals surface area contributed by atoms with Crippen molar-refractivity contribution in [3.63, 3.8) is 0 Å². The molecular weight excluding hydrogens is 238 g/mol. The van der Waals surface area contributed by atoms with E-state index in [-0.39, 0.29) is 13.0 Å². The van der Waals surface area contributed by atoms with Gasteiger partial charge in [0.15, 0.2) is 0 Å². The predicted octanol–water partition coefficient (Wildman–Crippen LogP) is 0.347. The van der Waals surface area contributed by atoms with Crippen molar-refractivity contribution in [3.8, 4) is 0 Å². The highest BCUT2D eigenvalue weighted by Gasteiger charge is 2.19. The van der Waals surface area contributed by atoms with E-state index in [4.69, 9.17) is 10.2 Å². The highest BCUT2D eigenvalue weighted by Crippen LogP contribution is 2.09. The number of urea groups is 1. The Morgan fingerprint density at radius 1 is 1.50 bits per heavy atom. The van der Waals surface area contributed by atoms with Gasteiger partial charge in [0, 0.05) is 19.2 Å². The topological polar surface area (TPSA) is 112 Å². The van der Waals surface area contributed by atoms with Gasteiger partial charge in [-0.3, -0.25) is 4.98 Å². The van der Waals surface area contributed by atoms with Crippen LogP contribution in [0.5, 0.6) is 0 Å². The molecule has 18 heavy (non-hydrogen) atoms. The summed E-state index contributed by atoms with van der Waals surface area (Å²) >= 11 is 0. The molecule has 1 atom stereocenters. The van der Waals surface area contributed by atoms with Crippen molar-refractivity contribution in [3.05, 3.63) is 24.0 Å². The van der Waals surface area contributed by atoms with Crippen molar-refractivity contribution in [1.29, 1.82) is 0 Å². The fourth-order valence-electron chi connectivity index (χ4n) is 1.32. The zero-order chi connectivity index (χ0) is 13.5. The van der Waals surface area contributed by atoms with Gasteiger partial charge in [0.1, 0.15) is 6.04 Å². The first-order valence-corrected chi connectivity index (χ1v) is 5.37. The van der Waals surface area contributed by atoms with Crippen LogP contribution < -0.4 is 10.6 Å². The SMILES string of the molecule is Cc1ncccc1NC(=O)NC(CCO)C(=O)O. The van der Waals surface area contributed by atoms with E-state index in [0.29, 0.717) is 11.4 Å². The molecule has 1 heterocycles. The number of aromatic nitrogens is 1. The van der Waals surface area contributed by atoms with E-state index in [0.717, 1.165) is 0 Å². The number of anilines is 1. The number of aliphatic carboxylic acids is 1. The van der Waals surface area contributed by atoms with Gasteiger partial charge in [-0.2, -0.15) is 0 Å². The first-order valence-electron chi connectivity index (χ1n) is 5.37. The number of amides is 2. The molecule has 4 N–H and O–H groups in total. The molecular formula is C11H15N3O4. The standard InChI is InChI=1S/C11H15N3O4/c1-7-8(3-2-5-12-7)13-11(18)14-9(4-6-15)10(16)17/h2-3,5,9,15H,4,6H2,1H3,(H,16,17)(H2,13,14,18). The second-order valence-electron chi connectivity index (χ2n) is 3.64. The van der Waals surface area contributed by atoms with Crippen LogP contribution in [0.25, 0.3) is 0 Å². The third-order valence-electron chi connectivity index (χ3n) is 2.28. The Morgan fingerprint density at radius 3 is 2.78 bits per heavy atom. The van der Waals surface area contributed by atoms with E-state index in [2.05, 4.69) is 15.6 Å². The van der Waals surface area contributed by atoms with Gasteiger partial charge in [0.25, 0.3) is 0 Å². The number of hydrogen-bond acceptors (Lipinski definition) is 4. The largest absolute Gasteiger partial charge is 0.480 e. The van der Waals surface area contributed by atoms with E-state index in [1.807, 2.05) is 0 Å². The number of carbonyl (C=O) groups excluding carboxylic acids is 1. The number of carbonyl (C=O) groups is 2. The first-order chi connectivity index (χ1) is 8.54. The summed E-state index contributed by atoms with van der Waals surface area (Å²) in [5, 5.41) is 22.2. The van der Waals surface area contributed by atoms with Crippen molar-refractivity contribution in [1.82, 2.24) is 10.3 Å². The molecule has 0 bridgehead atoms. The average molecular weight is 253 g/mol. The number of nitrogens with one attached hydrogen (secondary N) is 2. The lowest BCUT2D eigenvalue weighted by atomic mass is 10.2. The summed E-state index contributed by atoms with van der Waals surface area (Å²) in [7, 11) is 0. The zero-order valence-electron chi connectivity index (χ0n) is 9.88. The summed E-state index contributed by atoms with van der Waals surface area (Å²) in [6.45, 7) is 1.40. The monoisotopic (exact) mass is 253 g/mol. The van der Waals surface area contributed by atoms with Gasteiger partial charge >= 0.3 is 12.0 Å². The lowest BCUT2D eigenvalue weighted by Gasteiger charge is -2.14. The van der Waals surface area contributed by atoms with Crippen molar-refractivity contribution < 1.29 is 19.8 Å². The molecule has 98 valence electrons. The predicted molar refractivity (Wildman–Crippen MR) is 64.3 cm³/mol. The highest BCUT2D eigenvalue weighted by molar-refractivity contribution is 5.92. The van der Waals surface area contributed by atoms with Gasteiger partial charge < -0.3 is 20.8 Å². The van der Waals surface area contributed by atoms with Gasteiger partial charge in [0.05, 0.1) is 11.4 Å². The molecule has 0 aliphatic carbocycles. The number of carboxylic acid groups (broad SMARTS) is 1. The van der Waals surface area contributed by atoms with Crippen LogP contribution in [0.1, 0.15) is 12.1 Å². The molecule has 7 nitrogen and oxygen atoms in total. The molecule has 0 aromatic carbocycles. The first kappa shape index (κ1) is 13.9. The summed E-state index contributed by atoms with van der Waals surface area (Å²) in [5.41, 5.74) is 1.13. The summed E-state index contributed by atoms with van der Waals surface area (Å²) in [6.07, 6.45) is 1.54. The lowest BCUT2D eigenvalue weighted by Crippen LogP contribution is -2.43. The molecule has 1 aromatic heterocycles. The Bertz CT molecular complexity index is 436. The highest BCUT2D eigenvalue weighted by atomic mass is 16.4. The van der Waals surface area contributed by atoms with Crippen molar-refractivity contribution in [2.45, 2.75) is 19.4 Å². The average Bonchev–Trinajstić information content (AvgIpc) is 2.31. The van der Waals surface area contributed by atoms with E-state index < -0.39 is 18.0 Å². The smallest absolute Gasteiger partial charge is 0.326 e. The van der Waals surface area contributed by atoms with Crippen LogP contribution in [0.4, 0.5) is 10.5 Å². The van der Waals surface area contributed by atoms with Gasteiger partial charge in [-0.15, -0.1) is 0 Å². The zero-order valence-corrected chi connectivity index (χ0v) is 9.88. The van der Waals surface area contributed by atoms with Crippen LogP contribution in [-0.4, -0.2) is 39.8 Å². The second-order valence-corrected chi connectivity index (χ2v) is 3.64. The number of rotatable bonds is 5. The normalized spacial score (nSPS) is 11.7. The Kier molecular flexibility index (Phi) is 5.06. The Morgan fingerprint density at radius 2 is 2.22 bits per heavy atom. The fourth-order valence-corrected chi connectivity index (χ4v) is 1.32. The lowest BCUT2D eigenvalue weighted by molar-refractivity contribution is -0.139. The van der Waals surface area contributed by atoms with Crippen LogP contribution in [0.2, 0.25) is 0 Å².